The molecule has 1 fully saturated rings. The lowest BCUT2D eigenvalue weighted by molar-refractivity contribution is 0.289. The van der Waals surface area contributed by atoms with Crippen LogP contribution in [0.15, 0.2) is 0 Å². The van der Waals surface area contributed by atoms with E-state index in [4.69, 9.17) is 0 Å². The highest BCUT2D eigenvalue weighted by atomic mass is 32.2. The van der Waals surface area contributed by atoms with Crippen LogP contribution >= 0.6 is 11.9 Å². The van der Waals surface area contributed by atoms with Gasteiger partial charge in [-0.3, -0.25) is 4.72 Å². The first-order chi connectivity index (χ1) is 7.03. The maximum absolute atomic E-state index is 3.70. The zero-order valence-electron chi connectivity index (χ0n) is 10.8. The third kappa shape index (κ3) is 5.26. The fourth-order valence-electron chi connectivity index (χ4n) is 2.30. The van der Waals surface area contributed by atoms with Crippen LogP contribution in [0.3, 0.4) is 0 Å². The van der Waals surface area contributed by atoms with E-state index in [2.05, 4.69) is 32.4 Å². The van der Waals surface area contributed by atoms with E-state index < -0.39 is 0 Å². The van der Waals surface area contributed by atoms with E-state index in [0.29, 0.717) is 4.75 Å². The molecule has 1 nitrogen and oxygen atoms in total. The van der Waals surface area contributed by atoms with Gasteiger partial charge in [0, 0.05) is 10.8 Å². The van der Waals surface area contributed by atoms with Gasteiger partial charge in [-0.25, -0.2) is 0 Å². The monoisotopic (exact) mass is 229 g/mol. The number of hydrogen-bond donors (Lipinski definition) is 1. The Kier molecular flexibility index (Phi) is 5.48. The Morgan fingerprint density at radius 3 is 2.27 bits per heavy atom. The molecule has 15 heavy (non-hydrogen) atoms. The van der Waals surface area contributed by atoms with E-state index in [1.54, 1.807) is 0 Å². The smallest absolute Gasteiger partial charge is 0.0220 e. The fourth-order valence-corrected chi connectivity index (χ4v) is 3.17. The summed E-state index contributed by atoms with van der Waals surface area (Å²) in [5, 5.41) is 0. The van der Waals surface area contributed by atoms with E-state index in [1.165, 1.54) is 38.5 Å². The van der Waals surface area contributed by atoms with Crippen molar-refractivity contribution in [2.24, 2.45) is 5.92 Å². The van der Waals surface area contributed by atoms with E-state index in [0.717, 1.165) is 12.0 Å². The van der Waals surface area contributed by atoms with Gasteiger partial charge in [0.25, 0.3) is 0 Å². The van der Waals surface area contributed by atoms with Crippen LogP contribution in [0, 0.1) is 5.92 Å². The van der Waals surface area contributed by atoms with Crippen LogP contribution in [0.2, 0.25) is 0 Å². The van der Waals surface area contributed by atoms with Crippen LogP contribution in [0.1, 0.15) is 66.2 Å². The van der Waals surface area contributed by atoms with Crippen LogP contribution in [-0.4, -0.2) is 10.8 Å². The van der Waals surface area contributed by atoms with Gasteiger partial charge in [0.1, 0.15) is 0 Å². The molecule has 0 unspecified atom stereocenters. The molecule has 0 radical (unpaired) electrons. The van der Waals surface area contributed by atoms with Crippen molar-refractivity contribution < 1.29 is 0 Å². The third-order valence-electron chi connectivity index (χ3n) is 3.18. The highest BCUT2D eigenvalue weighted by Gasteiger charge is 2.23. The summed E-state index contributed by atoms with van der Waals surface area (Å²) >= 11 is 1.91. The average Bonchev–Trinajstić information content (AvgIpc) is 2.19. The summed E-state index contributed by atoms with van der Waals surface area (Å²) in [5.74, 6) is 0.929. The Morgan fingerprint density at radius 1 is 1.20 bits per heavy atom. The second kappa shape index (κ2) is 6.15. The van der Waals surface area contributed by atoms with Gasteiger partial charge in [-0.1, -0.05) is 38.1 Å². The SMILES string of the molecule is CC[C@@H](NSC(C)(C)C)C1CCCCC1. The van der Waals surface area contributed by atoms with Gasteiger partial charge in [0.15, 0.2) is 0 Å². The van der Waals surface area contributed by atoms with Crippen molar-refractivity contribution >= 4 is 11.9 Å². The summed E-state index contributed by atoms with van der Waals surface area (Å²) in [5.41, 5.74) is 0. The summed E-state index contributed by atoms with van der Waals surface area (Å²) in [6.45, 7) is 9.14. The largest absolute Gasteiger partial charge is 0.260 e. The highest BCUT2D eigenvalue weighted by Crippen LogP contribution is 2.30. The molecular formula is C13H27NS. The third-order valence-corrected chi connectivity index (χ3v) is 4.21. The van der Waals surface area contributed by atoms with Gasteiger partial charge in [-0.15, -0.1) is 0 Å². The Bertz CT molecular complexity index is 168. The minimum atomic E-state index is 0.335. The fraction of sp³-hybridized carbons (Fsp3) is 1.00. The Labute approximate surface area is 99.9 Å². The van der Waals surface area contributed by atoms with Gasteiger partial charge in [-0.2, -0.15) is 0 Å². The van der Waals surface area contributed by atoms with Gasteiger partial charge in [0.05, 0.1) is 0 Å². The van der Waals surface area contributed by atoms with Crippen LogP contribution in [0.4, 0.5) is 0 Å². The molecule has 1 N–H and O–H groups in total. The number of nitrogens with one attached hydrogen (secondary N) is 1. The molecule has 0 aromatic carbocycles. The molecule has 90 valence electrons. The summed E-state index contributed by atoms with van der Waals surface area (Å²) in [6, 6.07) is 0.731. The molecule has 1 rings (SSSR count). The van der Waals surface area contributed by atoms with Crippen molar-refractivity contribution in [2.75, 3.05) is 0 Å². The molecule has 1 aliphatic carbocycles. The zero-order chi connectivity index (χ0) is 11.3. The molecule has 0 amide bonds. The predicted molar refractivity (Wildman–Crippen MR) is 71.1 cm³/mol. The molecule has 1 atom stereocenters. The molecule has 0 aromatic rings. The van der Waals surface area contributed by atoms with E-state index in [-0.39, 0.29) is 0 Å². The molecule has 0 aliphatic heterocycles. The Morgan fingerprint density at radius 2 is 1.80 bits per heavy atom. The standard InChI is InChI=1S/C13H27NS/c1-5-12(14-15-13(2,3)4)11-9-7-6-8-10-11/h11-12,14H,5-10H2,1-4H3/t12-/m1/s1. The first kappa shape index (κ1) is 13.4. The first-order valence-electron chi connectivity index (χ1n) is 6.46. The van der Waals surface area contributed by atoms with Crippen molar-refractivity contribution in [3.63, 3.8) is 0 Å². The maximum atomic E-state index is 3.70. The van der Waals surface area contributed by atoms with Crippen molar-refractivity contribution in [3.05, 3.63) is 0 Å². The summed E-state index contributed by atoms with van der Waals surface area (Å²) in [7, 11) is 0. The van der Waals surface area contributed by atoms with Gasteiger partial charge >= 0.3 is 0 Å². The first-order valence-corrected chi connectivity index (χ1v) is 7.28. The molecule has 2 heteroatoms. The lowest BCUT2D eigenvalue weighted by Crippen LogP contribution is -2.35. The lowest BCUT2D eigenvalue weighted by atomic mass is 9.83. The van der Waals surface area contributed by atoms with Crippen molar-refractivity contribution in [1.29, 1.82) is 0 Å². The topological polar surface area (TPSA) is 12.0 Å². The normalized spacial score (nSPS) is 21.6. The van der Waals surface area contributed by atoms with Gasteiger partial charge < -0.3 is 0 Å². The molecular weight excluding hydrogens is 202 g/mol. The van der Waals surface area contributed by atoms with Crippen LogP contribution in [-0.2, 0) is 0 Å². The number of hydrogen-bond acceptors (Lipinski definition) is 2. The van der Waals surface area contributed by atoms with Gasteiger partial charge in [-0.05, 0) is 46.0 Å². The molecule has 0 spiro atoms. The summed E-state index contributed by atoms with van der Waals surface area (Å²) < 4.78 is 4.03. The summed E-state index contributed by atoms with van der Waals surface area (Å²) in [6.07, 6.45) is 8.51. The second-order valence-electron chi connectivity index (χ2n) is 5.75. The highest BCUT2D eigenvalue weighted by molar-refractivity contribution is 7.98. The van der Waals surface area contributed by atoms with Crippen LogP contribution < -0.4 is 4.72 Å². The zero-order valence-corrected chi connectivity index (χ0v) is 11.6. The Balaban J connectivity index is 2.34. The van der Waals surface area contributed by atoms with Crippen molar-refractivity contribution in [1.82, 2.24) is 4.72 Å². The average molecular weight is 229 g/mol. The molecule has 1 saturated carbocycles. The van der Waals surface area contributed by atoms with Crippen molar-refractivity contribution in [3.8, 4) is 0 Å². The molecule has 0 aromatic heterocycles. The minimum Gasteiger partial charge on any atom is -0.260 e. The molecule has 1 aliphatic rings. The van der Waals surface area contributed by atoms with Gasteiger partial charge in [0.2, 0.25) is 0 Å². The van der Waals surface area contributed by atoms with Crippen LogP contribution in [0.5, 0.6) is 0 Å². The van der Waals surface area contributed by atoms with Crippen LogP contribution in [0.25, 0.3) is 0 Å². The molecule has 0 saturated heterocycles. The second-order valence-corrected chi connectivity index (χ2v) is 7.41. The quantitative estimate of drug-likeness (QED) is 0.718. The van der Waals surface area contributed by atoms with E-state index >= 15 is 0 Å². The molecule has 0 heterocycles. The molecule has 0 bridgehead atoms. The van der Waals surface area contributed by atoms with E-state index in [1.807, 2.05) is 11.9 Å². The number of rotatable bonds is 4. The summed E-state index contributed by atoms with van der Waals surface area (Å²) in [4.78, 5) is 0. The maximum Gasteiger partial charge on any atom is 0.0220 e. The Hall–Kier alpha value is 0.310. The van der Waals surface area contributed by atoms with Crippen molar-refractivity contribution in [2.45, 2.75) is 77.0 Å². The predicted octanol–water partition coefficient (Wildman–Crippen LogP) is 4.38. The minimum absolute atomic E-state index is 0.335. The lowest BCUT2D eigenvalue weighted by Gasteiger charge is -2.32. The van der Waals surface area contributed by atoms with E-state index in [9.17, 15) is 0 Å².